The number of aromatic nitrogens is 1. The van der Waals surface area contributed by atoms with Gasteiger partial charge in [0.2, 0.25) is 5.91 Å². The molecule has 18 heavy (non-hydrogen) atoms. The molecule has 1 aromatic heterocycles. The Hall–Kier alpha value is -1.63. The molecule has 2 unspecified atom stereocenters. The minimum Gasteiger partial charge on any atom is -0.481 e. The molecule has 0 saturated heterocycles. The van der Waals surface area contributed by atoms with Crippen molar-refractivity contribution in [2.75, 3.05) is 0 Å². The highest BCUT2D eigenvalue weighted by Crippen LogP contribution is 2.32. The molecule has 3 N–H and O–H groups in total. The fraction of sp³-hybridized carbons (Fsp3) is 0.545. The SMILES string of the molecule is O=C(O)C1CCCC1C(=O)NCc1csc(=O)[nH]1. The van der Waals surface area contributed by atoms with Gasteiger partial charge in [0.25, 0.3) is 0 Å². The van der Waals surface area contributed by atoms with Crippen molar-refractivity contribution < 1.29 is 14.7 Å². The lowest BCUT2D eigenvalue weighted by Gasteiger charge is -2.15. The zero-order valence-corrected chi connectivity index (χ0v) is 10.5. The summed E-state index contributed by atoms with van der Waals surface area (Å²) < 4.78 is 0. The maximum Gasteiger partial charge on any atom is 0.307 e. The highest BCUT2D eigenvalue weighted by atomic mass is 32.1. The number of carboxylic acids is 1. The van der Waals surface area contributed by atoms with E-state index >= 15 is 0 Å². The molecule has 0 radical (unpaired) electrons. The normalized spacial score (nSPS) is 22.9. The van der Waals surface area contributed by atoms with Gasteiger partial charge in [0, 0.05) is 11.1 Å². The molecule has 0 aromatic carbocycles. The molecule has 1 saturated carbocycles. The summed E-state index contributed by atoms with van der Waals surface area (Å²) in [6, 6.07) is 0. The van der Waals surface area contributed by atoms with Crippen molar-refractivity contribution in [3.63, 3.8) is 0 Å². The Balaban J connectivity index is 1.91. The van der Waals surface area contributed by atoms with Gasteiger partial charge in [-0.05, 0) is 12.8 Å². The quantitative estimate of drug-likeness (QED) is 0.744. The number of aliphatic carboxylic acids is 1. The summed E-state index contributed by atoms with van der Waals surface area (Å²) in [5, 5.41) is 13.3. The van der Waals surface area contributed by atoms with Crippen molar-refractivity contribution in [3.05, 3.63) is 20.7 Å². The second-order valence-electron chi connectivity index (χ2n) is 4.37. The standard InChI is InChI=1S/C11H14N2O4S/c14-9(7-2-1-3-8(7)10(15)16)12-4-6-5-18-11(17)13-6/h5,7-8H,1-4H2,(H,12,14)(H,13,17)(H,15,16). The zero-order valence-electron chi connectivity index (χ0n) is 9.64. The van der Waals surface area contributed by atoms with E-state index in [9.17, 15) is 14.4 Å². The van der Waals surface area contributed by atoms with E-state index in [-0.39, 0.29) is 17.3 Å². The largest absolute Gasteiger partial charge is 0.481 e. The van der Waals surface area contributed by atoms with E-state index in [1.54, 1.807) is 5.38 Å². The third-order valence-corrected chi connectivity index (χ3v) is 3.91. The first-order valence-corrected chi connectivity index (χ1v) is 6.63. The number of carboxylic acid groups (broad SMARTS) is 1. The Bertz CT molecular complexity index is 507. The van der Waals surface area contributed by atoms with Crippen LogP contribution in [-0.4, -0.2) is 22.0 Å². The van der Waals surface area contributed by atoms with Gasteiger partial charge in [-0.2, -0.15) is 0 Å². The Kier molecular flexibility index (Phi) is 3.81. The van der Waals surface area contributed by atoms with Gasteiger partial charge >= 0.3 is 10.8 Å². The highest BCUT2D eigenvalue weighted by molar-refractivity contribution is 7.07. The lowest BCUT2D eigenvalue weighted by Crippen LogP contribution is -2.35. The van der Waals surface area contributed by atoms with Crippen LogP contribution < -0.4 is 10.2 Å². The molecule has 7 heteroatoms. The summed E-state index contributed by atoms with van der Waals surface area (Å²) in [4.78, 5) is 36.2. The molecule has 0 aliphatic heterocycles. The second kappa shape index (κ2) is 5.34. The van der Waals surface area contributed by atoms with Gasteiger partial charge in [-0.15, -0.1) is 0 Å². The molecule has 6 nitrogen and oxygen atoms in total. The highest BCUT2D eigenvalue weighted by Gasteiger charge is 2.37. The smallest absolute Gasteiger partial charge is 0.307 e. The summed E-state index contributed by atoms with van der Waals surface area (Å²) in [6.07, 6.45) is 1.94. The van der Waals surface area contributed by atoms with Crippen LogP contribution in [-0.2, 0) is 16.1 Å². The number of rotatable bonds is 4. The van der Waals surface area contributed by atoms with E-state index in [2.05, 4.69) is 10.3 Å². The molecule has 0 bridgehead atoms. The molecule has 0 spiro atoms. The number of hydrogen-bond acceptors (Lipinski definition) is 4. The molecule has 1 aliphatic carbocycles. The molecule has 2 atom stereocenters. The van der Waals surface area contributed by atoms with Gasteiger partial charge in [0.15, 0.2) is 0 Å². The summed E-state index contributed by atoms with van der Waals surface area (Å²) in [6.45, 7) is 0.237. The van der Waals surface area contributed by atoms with Crippen molar-refractivity contribution in [2.45, 2.75) is 25.8 Å². The molecule has 98 valence electrons. The predicted octanol–water partition coefficient (Wildman–Crippen LogP) is 0.554. The Labute approximate surface area is 107 Å². The van der Waals surface area contributed by atoms with Crippen LogP contribution in [0.5, 0.6) is 0 Å². The number of nitrogens with one attached hydrogen (secondary N) is 2. The molecule has 1 heterocycles. The van der Waals surface area contributed by atoms with Crippen LogP contribution in [0.3, 0.4) is 0 Å². The van der Waals surface area contributed by atoms with E-state index in [0.29, 0.717) is 18.5 Å². The topological polar surface area (TPSA) is 99.3 Å². The van der Waals surface area contributed by atoms with Crippen LogP contribution in [0.4, 0.5) is 0 Å². The average Bonchev–Trinajstić information content (AvgIpc) is 2.94. The maximum atomic E-state index is 11.9. The van der Waals surface area contributed by atoms with Crippen molar-refractivity contribution in [3.8, 4) is 0 Å². The summed E-state index contributed by atoms with van der Waals surface area (Å²) in [5.74, 6) is -2.18. The lowest BCUT2D eigenvalue weighted by molar-refractivity contribution is -0.146. The molecule has 2 rings (SSSR count). The molecule has 1 amide bonds. The van der Waals surface area contributed by atoms with E-state index < -0.39 is 17.8 Å². The second-order valence-corrected chi connectivity index (χ2v) is 5.22. The summed E-state index contributed by atoms with van der Waals surface area (Å²) in [7, 11) is 0. The lowest BCUT2D eigenvalue weighted by atomic mass is 9.95. The van der Waals surface area contributed by atoms with Gasteiger partial charge in [0.05, 0.1) is 18.4 Å². The van der Waals surface area contributed by atoms with Crippen molar-refractivity contribution in [2.24, 2.45) is 11.8 Å². The van der Waals surface area contributed by atoms with Crippen LogP contribution in [0.15, 0.2) is 10.2 Å². The van der Waals surface area contributed by atoms with Crippen LogP contribution in [0, 0.1) is 11.8 Å². The van der Waals surface area contributed by atoms with Gasteiger partial charge in [0.1, 0.15) is 0 Å². The van der Waals surface area contributed by atoms with E-state index in [0.717, 1.165) is 17.8 Å². The number of carbonyl (C=O) groups is 2. The van der Waals surface area contributed by atoms with Gasteiger partial charge in [-0.25, -0.2) is 0 Å². The van der Waals surface area contributed by atoms with Gasteiger partial charge in [-0.3, -0.25) is 14.4 Å². The average molecular weight is 270 g/mol. The van der Waals surface area contributed by atoms with Gasteiger partial charge < -0.3 is 15.4 Å². The molecule has 1 aromatic rings. The fourth-order valence-corrected chi connectivity index (χ4v) is 2.86. The number of carbonyl (C=O) groups excluding carboxylic acids is 1. The fourth-order valence-electron chi connectivity index (χ4n) is 2.28. The van der Waals surface area contributed by atoms with E-state index in [4.69, 9.17) is 5.11 Å². The third-order valence-electron chi connectivity index (χ3n) is 3.19. The zero-order chi connectivity index (χ0) is 13.1. The Morgan fingerprint density at radius 3 is 2.78 bits per heavy atom. The monoisotopic (exact) mass is 270 g/mol. The number of thiazole rings is 1. The van der Waals surface area contributed by atoms with Crippen LogP contribution in [0.1, 0.15) is 25.0 Å². The first kappa shape index (κ1) is 12.8. The predicted molar refractivity (Wildman–Crippen MR) is 65.3 cm³/mol. The number of aromatic amines is 1. The van der Waals surface area contributed by atoms with E-state index in [1.165, 1.54) is 0 Å². The van der Waals surface area contributed by atoms with Crippen molar-refractivity contribution in [1.82, 2.24) is 10.3 Å². The molecular weight excluding hydrogens is 256 g/mol. The number of amides is 1. The Morgan fingerprint density at radius 1 is 1.44 bits per heavy atom. The van der Waals surface area contributed by atoms with Crippen LogP contribution in [0.25, 0.3) is 0 Å². The molecule has 1 fully saturated rings. The molecular formula is C11H14N2O4S. The van der Waals surface area contributed by atoms with Crippen LogP contribution >= 0.6 is 11.3 Å². The third kappa shape index (κ3) is 2.79. The minimum absolute atomic E-state index is 0.163. The first-order chi connectivity index (χ1) is 8.58. The Morgan fingerprint density at radius 2 is 2.17 bits per heavy atom. The van der Waals surface area contributed by atoms with E-state index in [1.807, 2.05) is 0 Å². The number of hydrogen-bond donors (Lipinski definition) is 3. The minimum atomic E-state index is -0.906. The van der Waals surface area contributed by atoms with Crippen LogP contribution in [0.2, 0.25) is 0 Å². The first-order valence-electron chi connectivity index (χ1n) is 5.75. The summed E-state index contributed by atoms with van der Waals surface area (Å²) in [5.41, 5.74) is 0.642. The van der Waals surface area contributed by atoms with Gasteiger partial charge in [-0.1, -0.05) is 17.8 Å². The summed E-state index contributed by atoms with van der Waals surface area (Å²) >= 11 is 1.04. The maximum absolute atomic E-state index is 11.9. The molecule has 1 aliphatic rings. The van der Waals surface area contributed by atoms with Crippen molar-refractivity contribution >= 4 is 23.2 Å². The number of H-pyrrole nitrogens is 1. The van der Waals surface area contributed by atoms with Crippen molar-refractivity contribution in [1.29, 1.82) is 0 Å².